The van der Waals surface area contributed by atoms with E-state index in [2.05, 4.69) is 16.0 Å². The van der Waals surface area contributed by atoms with Gasteiger partial charge in [-0.3, -0.25) is 9.59 Å². The summed E-state index contributed by atoms with van der Waals surface area (Å²) in [6.07, 6.45) is 2.39. The topological polar surface area (TPSA) is 70.2 Å². The third-order valence-corrected chi connectivity index (χ3v) is 3.41. The van der Waals surface area contributed by atoms with Crippen LogP contribution in [0, 0.1) is 0 Å². The smallest absolute Gasteiger partial charge is 0.253 e. The highest BCUT2D eigenvalue weighted by atomic mass is 16.2. The number of hydrogen-bond donors (Lipinski definition) is 3. The van der Waals surface area contributed by atoms with Crippen molar-refractivity contribution in [2.75, 3.05) is 18.4 Å². The fourth-order valence-electron chi connectivity index (χ4n) is 2.48. The van der Waals surface area contributed by atoms with Crippen molar-refractivity contribution in [3.05, 3.63) is 29.3 Å². The molecule has 3 N–H and O–H groups in total. The summed E-state index contributed by atoms with van der Waals surface area (Å²) in [4.78, 5) is 23.8. The van der Waals surface area contributed by atoms with Gasteiger partial charge in [-0.2, -0.15) is 0 Å². The van der Waals surface area contributed by atoms with Gasteiger partial charge in [-0.15, -0.1) is 0 Å². The molecule has 21 heavy (non-hydrogen) atoms. The van der Waals surface area contributed by atoms with Gasteiger partial charge in [0.1, 0.15) is 0 Å². The molecule has 0 aromatic heterocycles. The Labute approximate surface area is 125 Å². The molecule has 0 radical (unpaired) electrons. The lowest BCUT2D eigenvalue weighted by Gasteiger charge is -2.20. The molecule has 0 unspecified atom stereocenters. The predicted octanol–water partition coefficient (Wildman–Crippen LogP) is 1.69. The Kier molecular flexibility index (Phi) is 5.20. The molecule has 5 nitrogen and oxygen atoms in total. The highest BCUT2D eigenvalue weighted by molar-refractivity contribution is 6.00. The molecule has 1 aliphatic rings. The van der Waals surface area contributed by atoms with E-state index in [-0.39, 0.29) is 17.9 Å². The van der Waals surface area contributed by atoms with Crippen LogP contribution in [0.15, 0.2) is 18.2 Å². The lowest BCUT2D eigenvalue weighted by Crippen LogP contribution is -2.34. The number of benzene rings is 1. The Balaban J connectivity index is 1.91. The summed E-state index contributed by atoms with van der Waals surface area (Å²) in [6.45, 7) is 5.08. The molecule has 2 rings (SSSR count). The summed E-state index contributed by atoms with van der Waals surface area (Å²) in [5.41, 5.74) is 2.79. The standard InChI is InChI=1S/C16H23N3O2/c1-11(2)19-14(20)8-10-18-16(21)13-7-3-5-12-6-4-9-17-15(12)13/h3,5,7,11,17H,4,6,8-10H2,1-2H3,(H,18,21)(H,19,20). The van der Waals surface area contributed by atoms with Crippen molar-refractivity contribution >= 4 is 17.5 Å². The van der Waals surface area contributed by atoms with Gasteiger partial charge in [0.15, 0.2) is 0 Å². The number of amides is 2. The molecule has 5 heteroatoms. The average molecular weight is 289 g/mol. The molecule has 0 fully saturated rings. The van der Waals surface area contributed by atoms with Gasteiger partial charge in [0.2, 0.25) is 5.91 Å². The number of para-hydroxylation sites is 1. The number of hydrogen-bond acceptors (Lipinski definition) is 3. The number of carbonyl (C=O) groups excluding carboxylic acids is 2. The molecular weight excluding hydrogens is 266 g/mol. The van der Waals surface area contributed by atoms with Gasteiger partial charge in [-0.05, 0) is 38.3 Å². The van der Waals surface area contributed by atoms with E-state index in [4.69, 9.17) is 0 Å². The molecule has 0 saturated heterocycles. The molecule has 2 amide bonds. The van der Waals surface area contributed by atoms with Crippen LogP contribution < -0.4 is 16.0 Å². The first-order valence-corrected chi connectivity index (χ1v) is 7.51. The summed E-state index contributed by atoms with van der Waals surface area (Å²) in [6, 6.07) is 5.90. The van der Waals surface area contributed by atoms with E-state index in [0.717, 1.165) is 25.1 Å². The minimum atomic E-state index is -0.126. The second-order valence-electron chi connectivity index (χ2n) is 5.60. The zero-order valence-corrected chi connectivity index (χ0v) is 12.7. The molecule has 114 valence electrons. The van der Waals surface area contributed by atoms with E-state index in [1.54, 1.807) is 0 Å². The van der Waals surface area contributed by atoms with Gasteiger partial charge in [0, 0.05) is 25.6 Å². The van der Waals surface area contributed by atoms with Crippen LogP contribution >= 0.6 is 0 Å². The second-order valence-corrected chi connectivity index (χ2v) is 5.60. The van der Waals surface area contributed by atoms with E-state index >= 15 is 0 Å². The van der Waals surface area contributed by atoms with E-state index in [9.17, 15) is 9.59 Å². The van der Waals surface area contributed by atoms with E-state index in [0.29, 0.717) is 18.5 Å². The minimum Gasteiger partial charge on any atom is -0.384 e. The molecule has 0 atom stereocenters. The van der Waals surface area contributed by atoms with Gasteiger partial charge in [-0.25, -0.2) is 0 Å². The summed E-state index contributed by atoms with van der Waals surface area (Å²) in [5.74, 6) is -0.169. The average Bonchev–Trinajstić information content (AvgIpc) is 2.45. The summed E-state index contributed by atoms with van der Waals surface area (Å²) < 4.78 is 0. The monoisotopic (exact) mass is 289 g/mol. The Bertz CT molecular complexity index is 526. The lowest BCUT2D eigenvalue weighted by atomic mass is 9.99. The Morgan fingerprint density at radius 3 is 2.90 bits per heavy atom. The second kappa shape index (κ2) is 7.11. The van der Waals surface area contributed by atoms with Gasteiger partial charge in [0.25, 0.3) is 5.91 Å². The SMILES string of the molecule is CC(C)NC(=O)CCNC(=O)c1cccc2c1NCCC2. The van der Waals surface area contributed by atoms with Crippen molar-refractivity contribution < 1.29 is 9.59 Å². The lowest BCUT2D eigenvalue weighted by molar-refractivity contribution is -0.121. The van der Waals surface area contributed by atoms with Gasteiger partial charge < -0.3 is 16.0 Å². The molecule has 1 aromatic rings. The number of fused-ring (bicyclic) bond motifs is 1. The van der Waals surface area contributed by atoms with Gasteiger partial charge >= 0.3 is 0 Å². The molecular formula is C16H23N3O2. The molecule has 0 aliphatic carbocycles. The van der Waals surface area contributed by atoms with Crippen molar-refractivity contribution in [2.45, 2.75) is 39.2 Å². The van der Waals surface area contributed by atoms with E-state index in [1.165, 1.54) is 5.56 Å². The van der Waals surface area contributed by atoms with Crippen LogP contribution in [0.25, 0.3) is 0 Å². The molecule has 1 aromatic carbocycles. The van der Waals surface area contributed by atoms with Crippen LogP contribution in [-0.4, -0.2) is 30.9 Å². The third-order valence-electron chi connectivity index (χ3n) is 3.41. The molecule has 0 saturated carbocycles. The molecule has 0 spiro atoms. The van der Waals surface area contributed by atoms with Crippen LogP contribution in [0.5, 0.6) is 0 Å². The van der Waals surface area contributed by atoms with Crippen LogP contribution in [0.4, 0.5) is 5.69 Å². The van der Waals surface area contributed by atoms with Crippen molar-refractivity contribution in [3.8, 4) is 0 Å². The largest absolute Gasteiger partial charge is 0.384 e. The Morgan fingerprint density at radius 1 is 1.33 bits per heavy atom. The van der Waals surface area contributed by atoms with E-state index in [1.807, 2.05) is 32.0 Å². The van der Waals surface area contributed by atoms with E-state index < -0.39 is 0 Å². The van der Waals surface area contributed by atoms with Gasteiger partial charge in [0.05, 0.1) is 11.3 Å². The van der Waals surface area contributed by atoms with Crippen molar-refractivity contribution in [1.29, 1.82) is 0 Å². The highest BCUT2D eigenvalue weighted by Gasteiger charge is 2.17. The number of aryl methyl sites for hydroxylation is 1. The van der Waals surface area contributed by atoms with Crippen molar-refractivity contribution in [3.63, 3.8) is 0 Å². The Hall–Kier alpha value is -2.04. The minimum absolute atomic E-state index is 0.0430. The molecule has 1 heterocycles. The highest BCUT2D eigenvalue weighted by Crippen LogP contribution is 2.25. The maximum Gasteiger partial charge on any atom is 0.253 e. The molecule has 1 aliphatic heterocycles. The first kappa shape index (κ1) is 15.4. The normalized spacial score (nSPS) is 13.3. The van der Waals surface area contributed by atoms with Crippen molar-refractivity contribution in [2.24, 2.45) is 0 Å². The van der Waals surface area contributed by atoms with Crippen LogP contribution in [0.2, 0.25) is 0 Å². The summed E-state index contributed by atoms with van der Waals surface area (Å²) in [5, 5.41) is 8.91. The Morgan fingerprint density at radius 2 is 2.14 bits per heavy atom. The third kappa shape index (κ3) is 4.21. The number of carbonyl (C=O) groups is 2. The first-order chi connectivity index (χ1) is 10.1. The first-order valence-electron chi connectivity index (χ1n) is 7.51. The maximum absolute atomic E-state index is 12.2. The number of rotatable bonds is 5. The van der Waals surface area contributed by atoms with Crippen LogP contribution in [0.3, 0.4) is 0 Å². The van der Waals surface area contributed by atoms with Gasteiger partial charge in [-0.1, -0.05) is 12.1 Å². The van der Waals surface area contributed by atoms with Crippen molar-refractivity contribution in [1.82, 2.24) is 10.6 Å². The fraction of sp³-hybridized carbons (Fsp3) is 0.500. The number of anilines is 1. The summed E-state index contributed by atoms with van der Waals surface area (Å²) >= 11 is 0. The fourth-order valence-corrected chi connectivity index (χ4v) is 2.48. The maximum atomic E-state index is 12.2. The zero-order valence-electron chi connectivity index (χ0n) is 12.7. The predicted molar refractivity (Wildman–Crippen MR) is 83.5 cm³/mol. The summed E-state index contributed by atoms with van der Waals surface area (Å²) in [7, 11) is 0. The van der Waals surface area contributed by atoms with Crippen LogP contribution in [0.1, 0.15) is 42.6 Å². The van der Waals surface area contributed by atoms with Crippen LogP contribution in [-0.2, 0) is 11.2 Å². The quantitative estimate of drug-likeness (QED) is 0.772. The zero-order chi connectivity index (χ0) is 15.2. The number of nitrogens with one attached hydrogen (secondary N) is 3. The molecule has 0 bridgehead atoms.